The molecule has 2 aliphatic rings. The first-order chi connectivity index (χ1) is 9.83. The molecule has 1 aliphatic carbocycles. The van der Waals surface area contributed by atoms with Crippen LogP contribution in [0.1, 0.15) is 32.6 Å². The Kier molecular flexibility index (Phi) is 4.51. The lowest BCUT2D eigenvalue weighted by Gasteiger charge is -2.31. The number of hydrogen-bond acceptors (Lipinski definition) is 4. The molecule has 0 aromatic carbocycles. The molecule has 118 valence electrons. The predicted molar refractivity (Wildman–Crippen MR) is 76.9 cm³/mol. The summed E-state index contributed by atoms with van der Waals surface area (Å²) in [6, 6.07) is 0. The molecule has 0 radical (unpaired) electrons. The molecule has 4 N–H and O–H groups in total. The molecule has 0 aromatic rings. The zero-order valence-corrected chi connectivity index (χ0v) is 12.5. The Morgan fingerprint density at radius 3 is 2.10 bits per heavy atom. The van der Waals surface area contributed by atoms with Crippen LogP contribution in [0.4, 0.5) is 0 Å². The van der Waals surface area contributed by atoms with Gasteiger partial charge in [0.1, 0.15) is 0 Å². The third-order valence-corrected chi connectivity index (χ3v) is 4.58. The SMILES string of the molecule is CC(=O)N1CCN(C(=O)C2(N)CCCC2)CC(C(N)=O)C1. The van der Waals surface area contributed by atoms with E-state index in [9.17, 15) is 14.4 Å². The first-order valence-electron chi connectivity index (χ1n) is 7.46. The van der Waals surface area contributed by atoms with Gasteiger partial charge in [0, 0.05) is 33.1 Å². The van der Waals surface area contributed by atoms with E-state index < -0.39 is 17.4 Å². The highest BCUT2D eigenvalue weighted by atomic mass is 16.2. The Morgan fingerprint density at radius 1 is 1.05 bits per heavy atom. The zero-order valence-electron chi connectivity index (χ0n) is 12.5. The van der Waals surface area contributed by atoms with Gasteiger partial charge in [0.05, 0.1) is 11.5 Å². The van der Waals surface area contributed by atoms with Crippen molar-refractivity contribution in [2.45, 2.75) is 38.1 Å². The van der Waals surface area contributed by atoms with Gasteiger partial charge >= 0.3 is 0 Å². The van der Waals surface area contributed by atoms with Crippen molar-refractivity contribution < 1.29 is 14.4 Å². The van der Waals surface area contributed by atoms with Gasteiger partial charge in [-0.15, -0.1) is 0 Å². The molecule has 0 aromatic heterocycles. The van der Waals surface area contributed by atoms with Crippen molar-refractivity contribution in [1.82, 2.24) is 9.80 Å². The van der Waals surface area contributed by atoms with Crippen LogP contribution >= 0.6 is 0 Å². The minimum Gasteiger partial charge on any atom is -0.369 e. The van der Waals surface area contributed by atoms with Crippen LogP contribution in [-0.2, 0) is 14.4 Å². The average Bonchev–Trinajstić information content (AvgIpc) is 2.74. The molecule has 3 amide bonds. The number of carbonyl (C=O) groups is 3. The second-order valence-corrected chi connectivity index (χ2v) is 6.18. The number of primary amides is 1. The third-order valence-electron chi connectivity index (χ3n) is 4.58. The third kappa shape index (κ3) is 3.34. The summed E-state index contributed by atoms with van der Waals surface area (Å²) in [7, 11) is 0. The van der Waals surface area contributed by atoms with Gasteiger partial charge in [-0.1, -0.05) is 12.8 Å². The van der Waals surface area contributed by atoms with Crippen molar-refractivity contribution in [3.05, 3.63) is 0 Å². The second kappa shape index (κ2) is 6.01. The molecule has 7 heteroatoms. The van der Waals surface area contributed by atoms with E-state index in [4.69, 9.17) is 11.5 Å². The van der Waals surface area contributed by atoms with Crippen LogP contribution in [0.25, 0.3) is 0 Å². The highest BCUT2D eigenvalue weighted by molar-refractivity contribution is 5.87. The number of nitrogens with zero attached hydrogens (tertiary/aromatic N) is 2. The predicted octanol–water partition coefficient (Wildman–Crippen LogP) is -0.950. The molecule has 2 fully saturated rings. The van der Waals surface area contributed by atoms with Crippen molar-refractivity contribution in [3.63, 3.8) is 0 Å². The summed E-state index contributed by atoms with van der Waals surface area (Å²) in [6.45, 7) is 2.79. The van der Waals surface area contributed by atoms with Gasteiger partial charge in [-0.05, 0) is 12.8 Å². The van der Waals surface area contributed by atoms with Crippen LogP contribution in [0.3, 0.4) is 0 Å². The van der Waals surface area contributed by atoms with Crippen LogP contribution in [0.2, 0.25) is 0 Å². The Labute approximate surface area is 124 Å². The maximum absolute atomic E-state index is 12.7. The quantitative estimate of drug-likeness (QED) is 0.684. The van der Waals surface area contributed by atoms with Crippen LogP contribution in [-0.4, -0.2) is 59.2 Å². The van der Waals surface area contributed by atoms with Gasteiger partial charge in [-0.3, -0.25) is 14.4 Å². The molecule has 21 heavy (non-hydrogen) atoms. The van der Waals surface area contributed by atoms with Crippen LogP contribution in [0.15, 0.2) is 0 Å². The van der Waals surface area contributed by atoms with E-state index in [1.54, 1.807) is 9.80 Å². The standard InChI is InChI=1S/C14H24N4O3/c1-10(19)17-6-7-18(9-11(8-17)12(15)20)13(21)14(16)4-2-3-5-14/h11H,2-9,16H2,1H3,(H2,15,20). The summed E-state index contributed by atoms with van der Waals surface area (Å²) in [6.07, 6.45) is 3.27. The molecular weight excluding hydrogens is 272 g/mol. The molecule has 1 aliphatic heterocycles. The molecule has 0 bridgehead atoms. The summed E-state index contributed by atoms with van der Waals surface area (Å²) in [5.74, 6) is -1.25. The minimum atomic E-state index is -0.812. The fraction of sp³-hybridized carbons (Fsp3) is 0.786. The monoisotopic (exact) mass is 296 g/mol. The Balaban J connectivity index is 2.14. The largest absolute Gasteiger partial charge is 0.369 e. The van der Waals surface area contributed by atoms with E-state index in [-0.39, 0.29) is 24.9 Å². The van der Waals surface area contributed by atoms with E-state index in [1.165, 1.54) is 6.92 Å². The first-order valence-corrected chi connectivity index (χ1v) is 7.46. The smallest absolute Gasteiger partial charge is 0.242 e. The van der Waals surface area contributed by atoms with Crippen LogP contribution in [0, 0.1) is 5.92 Å². The summed E-state index contributed by atoms with van der Waals surface area (Å²) >= 11 is 0. The average molecular weight is 296 g/mol. The van der Waals surface area contributed by atoms with Gasteiger partial charge in [-0.2, -0.15) is 0 Å². The molecule has 1 unspecified atom stereocenters. The molecule has 1 saturated heterocycles. The maximum atomic E-state index is 12.7. The molecule has 0 spiro atoms. The fourth-order valence-corrected chi connectivity index (χ4v) is 3.20. The van der Waals surface area contributed by atoms with Crippen molar-refractivity contribution >= 4 is 17.7 Å². The van der Waals surface area contributed by atoms with E-state index in [0.717, 1.165) is 12.8 Å². The lowest BCUT2D eigenvalue weighted by Crippen LogP contribution is -2.55. The molecule has 1 heterocycles. The fourth-order valence-electron chi connectivity index (χ4n) is 3.20. The lowest BCUT2D eigenvalue weighted by atomic mass is 9.96. The highest BCUT2D eigenvalue weighted by Gasteiger charge is 2.41. The van der Waals surface area contributed by atoms with E-state index >= 15 is 0 Å². The number of carbonyl (C=O) groups excluding carboxylic acids is 3. The molecule has 1 atom stereocenters. The maximum Gasteiger partial charge on any atom is 0.242 e. The zero-order chi connectivity index (χ0) is 15.6. The number of hydrogen-bond donors (Lipinski definition) is 2. The molecule has 1 saturated carbocycles. The van der Waals surface area contributed by atoms with Gasteiger partial charge in [0.25, 0.3) is 0 Å². The van der Waals surface area contributed by atoms with Crippen molar-refractivity contribution in [1.29, 1.82) is 0 Å². The minimum absolute atomic E-state index is 0.112. The van der Waals surface area contributed by atoms with Gasteiger partial charge in [0.15, 0.2) is 0 Å². The Morgan fingerprint density at radius 2 is 1.57 bits per heavy atom. The van der Waals surface area contributed by atoms with E-state index in [0.29, 0.717) is 25.9 Å². The number of nitrogens with two attached hydrogens (primary N) is 2. The second-order valence-electron chi connectivity index (χ2n) is 6.18. The number of amides is 3. The first kappa shape index (κ1) is 15.8. The topological polar surface area (TPSA) is 110 Å². The van der Waals surface area contributed by atoms with E-state index in [2.05, 4.69) is 0 Å². The van der Waals surface area contributed by atoms with E-state index in [1.807, 2.05) is 0 Å². The highest BCUT2D eigenvalue weighted by Crippen LogP contribution is 2.29. The summed E-state index contributed by atoms with van der Waals surface area (Å²) in [4.78, 5) is 39.0. The molecule has 2 rings (SSSR count). The van der Waals surface area contributed by atoms with Crippen molar-refractivity contribution in [2.24, 2.45) is 17.4 Å². The number of rotatable bonds is 2. The lowest BCUT2D eigenvalue weighted by molar-refractivity contribution is -0.138. The van der Waals surface area contributed by atoms with Gasteiger partial charge < -0.3 is 21.3 Å². The summed E-state index contributed by atoms with van der Waals surface area (Å²) in [5.41, 5.74) is 10.8. The normalized spacial score (nSPS) is 25.5. The summed E-state index contributed by atoms with van der Waals surface area (Å²) < 4.78 is 0. The Bertz CT molecular complexity index is 446. The molecule has 7 nitrogen and oxygen atoms in total. The van der Waals surface area contributed by atoms with Gasteiger partial charge in [-0.25, -0.2) is 0 Å². The van der Waals surface area contributed by atoms with Crippen molar-refractivity contribution in [2.75, 3.05) is 26.2 Å². The van der Waals surface area contributed by atoms with Crippen molar-refractivity contribution in [3.8, 4) is 0 Å². The van der Waals surface area contributed by atoms with Crippen LogP contribution < -0.4 is 11.5 Å². The summed E-state index contributed by atoms with van der Waals surface area (Å²) in [5, 5.41) is 0. The molecular formula is C14H24N4O3. The van der Waals surface area contributed by atoms with Gasteiger partial charge in [0.2, 0.25) is 17.7 Å². The Hall–Kier alpha value is -1.63. The van der Waals surface area contributed by atoms with Crippen LogP contribution in [0.5, 0.6) is 0 Å².